The Hall–Kier alpha value is -0.0800. The molecule has 1 aliphatic carbocycles. The van der Waals surface area contributed by atoms with Crippen molar-refractivity contribution < 1.29 is 0 Å². The number of nitrogens with one attached hydrogen (secondary N) is 1. The minimum Gasteiger partial charge on any atom is -0.312 e. The minimum absolute atomic E-state index is 0.451. The standard InChI is InChI=1S/C18H38N2/c1-8-11-19-16-10-9-15(18(4,5)6)12-17(16)20(7)13-14(2)3/h14-17,19H,8-13H2,1-7H3. The summed E-state index contributed by atoms with van der Waals surface area (Å²) in [6.07, 6.45) is 5.32. The van der Waals surface area contributed by atoms with Crippen LogP contribution in [0.5, 0.6) is 0 Å². The van der Waals surface area contributed by atoms with Crippen molar-refractivity contribution in [3.8, 4) is 0 Å². The number of hydrogen-bond donors (Lipinski definition) is 1. The molecule has 0 aromatic carbocycles. The van der Waals surface area contributed by atoms with Crippen LogP contribution in [0, 0.1) is 17.3 Å². The SMILES string of the molecule is CCCNC1CCC(C(C)(C)C)CC1N(C)CC(C)C. The van der Waals surface area contributed by atoms with Crippen molar-refractivity contribution >= 4 is 0 Å². The zero-order valence-corrected chi connectivity index (χ0v) is 15.0. The summed E-state index contributed by atoms with van der Waals surface area (Å²) in [5.74, 6) is 1.61. The lowest BCUT2D eigenvalue weighted by atomic mass is 9.69. The molecule has 0 radical (unpaired) electrons. The first-order chi connectivity index (χ1) is 9.25. The second-order valence-electron chi connectivity index (χ2n) is 8.34. The molecular weight excluding hydrogens is 244 g/mol. The predicted molar refractivity (Wildman–Crippen MR) is 90.1 cm³/mol. The molecule has 0 saturated heterocycles. The highest BCUT2D eigenvalue weighted by Gasteiger charge is 2.37. The van der Waals surface area contributed by atoms with Gasteiger partial charge in [0.15, 0.2) is 0 Å². The second kappa shape index (κ2) is 7.79. The van der Waals surface area contributed by atoms with E-state index in [9.17, 15) is 0 Å². The summed E-state index contributed by atoms with van der Waals surface area (Å²) in [7, 11) is 2.33. The molecule has 1 aliphatic rings. The maximum absolute atomic E-state index is 3.81. The zero-order valence-electron chi connectivity index (χ0n) is 15.0. The van der Waals surface area contributed by atoms with Crippen LogP contribution in [0.3, 0.4) is 0 Å². The maximum atomic E-state index is 3.81. The molecule has 120 valence electrons. The lowest BCUT2D eigenvalue weighted by Gasteiger charge is -2.46. The summed E-state index contributed by atoms with van der Waals surface area (Å²) in [6.45, 7) is 16.5. The molecule has 1 fully saturated rings. The van der Waals surface area contributed by atoms with Gasteiger partial charge >= 0.3 is 0 Å². The van der Waals surface area contributed by atoms with Gasteiger partial charge < -0.3 is 10.2 Å². The van der Waals surface area contributed by atoms with Gasteiger partial charge in [-0.3, -0.25) is 0 Å². The summed E-state index contributed by atoms with van der Waals surface area (Å²) >= 11 is 0. The molecule has 0 aromatic heterocycles. The molecule has 0 aliphatic heterocycles. The molecule has 3 unspecified atom stereocenters. The van der Waals surface area contributed by atoms with E-state index in [4.69, 9.17) is 0 Å². The molecule has 0 amide bonds. The van der Waals surface area contributed by atoms with Crippen molar-refractivity contribution in [3.63, 3.8) is 0 Å². The number of rotatable bonds is 6. The molecule has 0 spiro atoms. The molecule has 20 heavy (non-hydrogen) atoms. The average molecular weight is 283 g/mol. The van der Waals surface area contributed by atoms with Crippen LogP contribution in [-0.4, -0.2) is 37.1 Å². The average Bonchev–Trinajstić information content (AvgIpc) is 2.34. The highest BCUT2D eigenvalue weighted by molar-refractivity contribution is 4.93. The fourth-order valence-electron chi connectivity index (χ4n) is 3.70. The fourth-order valence-corrected chi connectivity index (χ4v) is 3.70. The van der Waals surface area contributed by atoms with Crippen LogP contribution in [0.25, 0.3) is 0 Å². The van der Waals surface area contributed by atoms with Gasteiger partial charge in [0.25, 0.3) is 0 Å². The Morgan fingerprint density at radius 2 is 1.85 bits per heavy atom. The van der Waals surface area contributed by atoms with Crippen molar-refractivity contribution in [2.75, 3.05) is 20.1 Å². The van der Waals surface area contributed by atoms with Gasteiger partial charge in [-0.1, -0.05) is 41.5 Å². The van der Waals surface area contributed by atoms with Gasteiger partial charge in [0.1, 0.15) is 0 Å². The van der Waals surface area contributed by atoms with Crippen LogP contribution in [-0.2, 0) is 0 Å². The minimum atomic E-state index is 0.451. The van der Waals surface area contributed by atoms with Crippen molar-refractivity contribution in [3.05, 3.63) is 0 Å². The summed E-state index contributed by atoms with van der Waals surface area (Å²) in [4.78, 5) is 2.62. The maximum Gasteiger partial charge on any atom is 0.0249 e. The monoisotopic (exact) mass is 282 g/mol. The quantitative estimate of drug-likeness (QED) is 0.787. The van der Waals surface area contributed by atoms with Crippen molar-refractivity contribution in [1.82, 2.24) is 10.2 Å². The van der Waals surface area contributed by atoms with E-state index < -0.39 is 0 Å². The third-order valence-electron chi connectivity index (χ3n) is 4.92. The van der Waals surface area contributed by atoms with E-state index in [2.05, 4.69) is 58.8 Å². The fraction of sp³-hybridized carbons (Fsp3) is 1.00. The molecule has 3 atom stereocenters. The molecular formula is C18H38N2. The topological polar surface area (TPSA) is 15.3 Å². The van der Waals surface area contributed by atoms with E-state index in [1.54, 1.807) is 0 Å². The Morgan fingerprint density at radius 3 is 2.35 bits per heavy atom. The Kier molecular flexibility index (Phi) is 7.00. The molecule has 2 nitrogen and oxygen atoms in total. The van der Waals surface area contributed by atoms with E-state index in [0.717, 1.165) is 18.4 Å². The summed E-state index contributed by atoms with van der Waals surface area (Å²) < 4.78 is 0. The second-order valence-corrected chi connectivity index (χ2v) is 8.34. The smallest absolute Gasteiger partial charge is 0.0249 e. The normalized spacial score (nSPS) is 28.4. The Bertz CT molecular complexity index is 267. The lowest BCUT2D eigenvalue weighted by Crippen LogP contribution is -2.54. The highest BCUT2D eigenvalue weighted by atomic mass is 15.2. The molecule has 1 rings (SSSR count). The van der Waals surface area contributed by atoms with Gasteiger partial charge in [-0.25, -0.2) is 0 Å². The zero-order chi connectivity index (χ0) is 15.3. The third-order valence-corrected chi connectivity index (χ3v) is 4.92. The van der Waals surface area contributed by atoms with E-state index >= 15 is 0 Å². The molecule has 2 heteroatoms. The Balaban J connectivity index is 2.72. The van der Waals surface area contributed by atoms with Crippen LogP contribution in [0.15, 0.2) is 0 Å². The number of likely N-dealkylation sites (N-methyl/N-ethyl adjacent to an activating group) is 1. The van der Waals surface area contributed by atoms with Gasteiger partial charge in [-0.2, -0.15) is 0 Å². The summed E-state index contributed by atoms with van der Waals surface area (Å²) in [5, 5.41) is 3.81. The molecule has 1 saturated carbocycles. The number of nitrogens with zero attached hydrogens (tertiary/aromatic N) is 1. The summed E-state index contributed by atoms with van der Waals surface area (Å²) in [5.41, 5.74) is 0.451. The van der Waals surface area contributed by atoms with Crippen LogP contribution in [0.1, 0.15) is 67.2 Å². The van der Waals surface area contributed by atoms with Crippen LogP contribution >= 0.6 is 0 Å². The first-order valence-corrected chi connectivity index (χ1v) is 8.69. The van der Waals surface area contributed by atoms with E-state index in [-0.39, 0.29) is 0 Å². The largest absolute Gasteiger partial charge is 0.312 e. The first kappa shape index (κ1) is 18.0. The van der Waals surface area contributed by atoms with Gasteiger partial charge in [0.05, 0.1) is 0 Å². The van der Waals surface area contributed by atoms with E-state index in [0.29, 0.717) is 17.5 Å². The third kappa shape index (κ3) is 5.37. The van der Waals surface area contributed by atoms with Crippen molar-refractivity contribution in [1.29, 1.82) is 0 Å². The lowest BCUT2D eigenvalue weighted by molar-refractivity contribution is 0.0667. The molecule has 0 heterocycles. The summed E-state index contributed by atoms with van der Waals surface area (Å²) in [6, 6.07) is 1.40. The highest BCUT2D eigenvalue weighted by Crippen LogP contribution is 2.39. The van der Waals surface area contributed by atoms with Crippen LogP contribution < -0.4 is 5.32 Å². The van der Waals surface area contributed by atoms with Crippen molar-refractivity contribution in [2.24, 2.45) is 17.3 Å². The van der Waals surface area contributed by atoms with Gasteiger partial charge in [0, 0.05) is 18.6 Å². The van der Waals surface area contributed by atoms with Crippen LogP contribution in [0.2, 0.25) is 0 Å². The Labute approximate surface area is 127 Å². The van der Waals surface area contributed by atoms with Gasteiger partial charge in [0.2, 0.25) is 0 Å². The number of hydrogen-bond acceptors (Lipinski definition) is 2. The predicted octanol–water partition coefficient (Wildman–Crippen LogP) is 4.16. The molecule has 1 N–H and O–H groups in total. The van der Waals surface area contributed by atoms with E-state index in [1.165, 1.54) is 32.2 Å². The Morgan fingerprint density at radius 1 is 1.20 bits per heavy atom. The van der Waals surface area contributed by atoms with E-state index in [1.807, 2.05) is 0 Å². The molecule has 0 bridgehead atoms. The van der Waals surface area contributed by atoms with Crippen LogP contribution in [0.4, 0.5) is 0 Å². The van der Waals surface area contributed by atoms with Crippen molar-refractivity contribution in [2.45, 2.75) is 79.3 Å². The van der Waals surface area contributed by atoms with Gasteiger partial charge in [-0.15, -0.1) is 0 Å². The van der Waals surface area contributed by atoms with Gasteiger partial charge in [-0.05, 0) is 56.5 Å². The molecule has 0 aromatic rings. The first-order valence-electron chi connectivity index (χ1n) is 8.69.